The molecule has 30 heavy (non-hydrogen) atoms. The van der Waals surface area contributed by atoms with Crippen LogP contribution >= 0.6 is 0 Å². The van der Waals surface area contributed by atoms with Gasteiger partial charge in [0.15, 0.2) is 5.89 Å². The summed E-state index contributed by atoms with van der Waals surface area (Å²) in [7, 11) is 1.33. The Morgan fingerprint density at radius 1 is 1.20 bits per heavy atom. The van der Waals surface area contributed by atoms with Gasteiger partial charge in [0, 0.05) is 25.5 Å². The first-order valence-electron chi connectivity index (χ1n) is 9.34. The molecular formula is C20H23N5O5. The maximum atomic E-state index is 12.7. The molecule has 0 atom stereocenters. The first kappa shape index (κ1) is 21.0. The van der Waals surface area contributed by atoms with Gasteiger partial charge in [0.1, 0.15) is 0 Å². The Hall–Kier alpha value is -3.69. The van der Waals surface area contributed by atoms with Gasteiger partial charge in [-0.1, -0.05) is 0 Å². The lowest BCUT2D eigenvalue weighted by Crippen LogP contribution is -2.17. The molecule has 10 nitrogen and oxygen atoms in total. The molecule has 2 amide bonds. The third kappa shape index (κ3) is 4.17. The molecule has 0 fully saturated rings. The maximum Gasteiger partial charge on any atom is 0.305 e. The minimum atomic E-state index is -0.571. The molecule has 3 N–H and O–H groups in total. The number of nitrogens with two attached hydrogens (primary N) is 1. The fourth-order valence-electron chi connectivity index (χ4n) is 3.32. The number of anilines is 1. The summed E-state index contributed by atoms with van der Waals surface area (Å²) in [6, 6.07) is 3.24. The minimum absolute atomic E-state index is 0.0928. The number of esters is 1. The highest BCUT2D eigenvalue weighted by atomic mass is 16.5. The van der Waals surface area contributed by atoms with Crippen molar-refractivity contribution >= 4 is 34.8 Å². The summed E-state index contributed by atoms with van der Waals surface area (Å²) < 4.78 is 11.9. The molecule has 0 unspecified atom stereocenters. The molecule has 0 aliphatic carbocycles. The average molecular weight is 413 g/mol. The first-order chi connectivity index (χ1) is 14.2. The lowest BCUT2D eigenvalue weighted by molar-refractivity contribution is -0.140. The fraction of sp³-hybridized carbons (Fsp3) is 0.350. The van der Waals surface area contributed by atoms with Crippen molar-refractivity contribution in [1.82, 2.24) is 14.5 Å². The van der Waals surface area contributed by atoms with Gasteiger partial charge < -0.3 is 19.5 Å². The highest BCUT2D eigenvalue weighted by molar-refractivity contribution is 6.03. The number of hydrogen-bond acceptors (Lipinski definition) is 7. The zero-order valence-corrected chi connectivity index (χ0v) is 17.2. The predicted octanol–water partition coefficient (Wildman–Crippen LogP) is 2.25. The van der Waals surface area contributed by atoms with Crippen molar-refractivity contribution in [1.29, 1.82) is 0 Å². The lowest BCUT2D eigenvalue weighted by atomic mass is 10.1. The number of primary amides is 1. The number of benzene rings is 1. The van der Waals surface area contributed by atoms with Gasteiger partial charge in [0.25, 0.3) is 5.91 Å². The van der Waals surface area contributed by atoms with Crippen molar-refractivity contribution in [3.8, 4) is 0 Å². The molecule has 0 radical (unpaired) electrons. The van der Waals surface area contributed by atoms with Crippen LogP contribution in [0.25, 0.3) is 11.0 Å². The van der Waals surface area contributed by atoms with E-state index in [1.165, 1.54) is 7.11 Å². The fourth-order valence-corrected chi connectivity index (χ4v) is 3.32. The second-order valence-electron chi connectivity index (χ2n) is 6.89. The van der Waals surface area contributed by atoms with Crippen LogP contribution in [-0.4, -0.2) is 39.4 Å². The number of nitrogens with zero attached hydrogens (tertiary/aromatic N) is 3. The number of methoxy groups -OCH3 is 1. The summed E-state index contributed by atoms with van der Waals surface area (Å²) in [5, 5.41) is 2.75. The van der Waals surface area contributed by atoms with E-state index in [1.807, 2.05) is 6.92 Å². The van der Waals surface area contributed by atoms with Gasteiger partial charge in [-0.2, -0.15) is 0 Å². The number of carbonyl (C=O) groups is 3. The van der Waals surface area contributed by atoms with E-state index in [9.17, 15) is 14.4 Å². The van der Waals surface area contributed by atoms with Crippen molar-refractivity contribution in [3.63, 3.8) is 0 Å². The highest BCUT2D eigenvalue weighted by Crippen LogP contribution is 2.26. The Bertz CT molecular complexity index is 1140. The van der Waals surface area contributed by atoms with Gasteiger partial charge in [0.2, 0.25) is 17.6 Å². The molecule has 3 aromatic rings. The van der Waals surface area contributed by atoms with E-state index in [0.29, 0.717) is 35.6 Å². The monoisotopic (exact) mass is 413 g/mol. The molecule has 2 aromatic heterocycles. The molecule has 1 aromatic carbocycles. The summed E-state index contributed by atoms with van der Waals surface area (Å²) in [5.41, 5.74) is 8.18. The predicted molar refractivity (Wildman–Crippen MR) is 108 cm³/mol. The van der Waals surface area contributed by atoms with Gasteiger partial charge in [-0.25, -0.2) is 9.97 Å². The largest absolute Gasteiger partial charge is 0.469 e. The van der Waals surface area contributed by atoms with E-state index in [0.717, 1.165) is 11.1 Å². The van der Waals surface area contributed by atoms with E-state index in [4.69, 9.17) is 10.2 Å². The zero-order valence-electron chi connectivity index (χ0n) is 17.2. The van der Waals surface area contributed by atoms with Crippen LogP contribution < -0.4 is 11.1 Å². The van der Waals surface area contributed by atoms with Crippen LogP contribution in [0.4, 0.5) is 5.95 Å². The molecule has 0 bridgehead atoms. The summed E-state index contributed by atoms with van der Waals surface area (Å²) in [5.74, 6) is -0.658. The molecule has 0 spiro atoms. The van der Waals surface area contributed by atoms with Gasteiger partial charge in [-0.05, 0) is 38.0 Å². The zero-order chi connectivity index (χ0) is 22.0. The Morgan fingerprint density at radius 2 is 1.93 bits per heavy atom. The van der Waals surface area contributed by atoms with Gasteiger partial charge in [-0.3, -0.25) is 19.7 Å². The van der Waals surface area contributed by atoms with Crippen molar-refractivity contribution in [2.45, 2.75) is 40.2 Å². The number of aromatic nitrogens is 3. The van der Waals surface area contributed by atoms with Crippen molar-refractivity contribution in [3.05, 3.63) is 40.6 Å². The van der Waals surface area contributed by atoms with E-state index in [1.54, 1.807) is 30.5 Å². The van der Waals surface area contributed by atoms with Crippen molar-refractivity contribution in [2.24, 2.45) is 5.73 Å². The minimum Gasteiger partial charge on any atom is -0.469 e. The van der Waals surface area contributed by atoms with E-state index < -0.39 is 11.8 Å². The number of hydrogen-bond donors (Lipinski definition) is 2. The average Bonchev–Trinajstić information content (AvgIpc) is 3.20. The normalized spacial score (nSPS) is 10.9. The van der Waals surface area contributed by atoms with Crippen LogP contribution in [0.1, 0.15) is 50.9 Å². The molecule has 158 valence electrons. The van der Waals surface area contributed by atoms with Gasteiger partial charge in [0.05, 0.1) is 23.8 Å². The molecule has 2 heterocycles. The van der Waals surface area contributed by atoms with Crippen LogP contribution in [0, 0.1) is 20.8 Å². The molecule has 0 aliphatic heterocycles. The second-order valence-corrected chi connectivity index (χ2v) is 6.89. The van der Waals surface area contributed by atoms with E-state index in [2.05, 4.69) is 20.0 Å². The topological polar surface area (TPSA) is 142 Å². The van der Waals surface area contributed by atoms with E-state index >= 15 is 0 Å². The van der Waals surface area contributed by atoms with Crippen molar-refractivity contribution < 1.29 is 23.5 Å². The Morgan fingerprint density at radius 3 is 2.53 bits per heavy atom. The lowest BCUT2D eigenvalue weighted by Gasteiger charge is -2.11. The SMILES string of the molecule is COC(=O)CCCn1c(NC(=O)c2oc(C)nc2C)nc2cc(C(N)=O)cc(C)c21. The number of nitrogens with one attached hydrogen (secondary N) is 1. The first-order valence-corrected chi connectivity index (χ1v) is 9.34. The number of ether oxygens (including phenoxy) is 1. The molecule has 3 rings (SSSR count). The highest BCUT2D eigenvalue weighted by Gasteiger charge is 2.21. The van der Waals surface area contributed by atoms with Crippen LogP contribution in [0.5, 0.6) is 0 Å². The Kier molecular flexibility index (Phi) is 5.86. The molecule has 0 aliphatic rings. The number of rotatable bonds is 7. The van der Waals surface area contributed by atoms with Crippen molar-refractivity contribution in [2.75, 3.05) is 12.4 Å². The van der Waals surface area contributed by atoms with Gasteiger partial charge in [-0.15, -0.1) is 0 Å². The second kappa shape index (κ2) is 8.36. The smallest absolute Gasteiger partial charge is 0.305 e. The van der Waals surface area contributed by atoms with Crippen LogP contribution in [0.15, 0.2) is 16.5 Å². The quantitative estimate of drug-likeness (QED) is 0.566. The number of amides is 2. The van der Waals surface area contributed by atoms with Crippen LogP contribution in [-0.2, 0) is 16.1 Å². The summed E-state index contributed by atoms with van der Waals surface area (Å²) in [6.45, 7) is 5.55. The summed E-state index contributed by atoms with van der Waals surface area (Å²) in [4.78, 5) is 44.4. The standard InChI is InChI=1S/C20H23N5O5/c1-10-8-13(18(21)27)9-14-16(10)25(7-5-6-15(26)29-4)20(23-14)24-19(28)17-11(2)22-12(3)30-17/h8-9H,5-7H2,1-4H3,(H2,21,27)(H,23,24,28). The Balaban J connectivity index is 2.01. The third-order valence-electron chi connectivity index (χ3n) is 4.64. The molecule has 0 saturated carbocycles. The Labute approximate surface area is 172 Å². The van der Waals surface area contributed by atoms with Gasteiger partial charge >= 0.3 is 5.97 Å². The number of imidazole rings is 1. The van der Waals surface area contributed by atoms with Crippen LogP contribution in [0.2, 0.25) is 0 Å². The molecular weight excluding hydrogens is 390 g/mol. The maximum absolute atomic E-state index is 12.7. The number of carbonyl (C=O) groups excluding carboxylic acids is 3. The summed E-state index contributed by atoms with van der Waals surface area (Å²) >= 11 is 0. The third-order valence-corrected chi connectivity index (χ3v) is 4.64. The number of oxazole rings is 1. The van der Waals surface area contributed by atoms with Crippen LogP contribution in [0.3, 0.4) is 0 Å². The summed E-state index contributed by atoms with van der Waals surface area (Å²) in [6.07, 6.45) is 0.681. The van der Waals surface area contributed by atoms with E-state index in [-0.39, 0.29) is 24.1 Å². The number of fused-ring (bicyclic) bond motifs is 1. The molecule has 0 saturated heterocycles. The number of aryl methyl sites for hydroxylation is 4. The molecule has 10 heteroatoms.